The zero-order valence-corrected chi connectivity index (χ0v) is 7.73. The van der Waals surface area contributed by atoms with E-state index >= 15 is 0 Å². The molecular weight excluding hydrogens is 168 g/mol. The number of hydrogen-bond acceptors (Lipinski definition) is 2. The summed E-state index contributed by atoms with van der Waals surface area (Å²) < 4.78 is 8.70. The Morgan fingerprint density at radius 1 is 1.62 bits per heavy atom. The van der Waals surface area contributed by atoms with Crippen molar-refractivity contribution in [2.45, 2.75) is 19.7 Å². The standard InChI is InChI=1S/C9H12N2O2/c1-7-6-8(12)11-9(13-2)4-3-5-10(7)11/h3-4,6,9H,5H2,1-2H3. The predicted molar refractivity (Wildman–Crippen MR) is 48.6 cm³/mol. The Morgan fingerprint density at radius 2 is 2.38 bits per heavy atom. The van der Waals surface area contributed by atoms with Gasteiger partial charge in [0, 0.05) is 18.9 Å². The Bertz CT molecular complexity index is 400. The van der Waals surface area contributed by atoms with E-state index in [4.69, 9.17) is 4.74 Å². The van der Waals surface area contributed by atoms with Gasteiger partial charge in [-0.15, -0.1) is 0 Å². The summed E-state index contributed by atoms with van der Waals surface area (Å²) in [4.78, 5) is 11.5. The highest BCUT2D eigenvalue weighted by molar-refractivity contribution is 5.06. The van der Waals surface area contributed by atoms with Gasteiger partial charge in [-0.25, -0.2) is 4.68 Å². The van der Waals surface area contributed by atoms with Crippen LogP contribution in [-0.4, -0.2) is 16.5 Å². The normalized spacial score (nSPS) is 20.3. The number of hydrogen-bond donors (Lipinski definition) is 0. The zero-order valence-electron chi connectivity index (χ0n) is 7.73. The third-order valence-electron chi connectivity index (χ3n) is 2.29. The number of fused-ring (bicyclic) bond motifs is 1. The van der Waals surface area contributed by atoms with Crippen LogP contribution in [0.2, 0.25) is 0 Å². The summed E-state index contributed by atoms with van der Waals surface area (Å²) in [7, 11) is 1.60. The molecule has 0 saturated heterocycles. The fourth-order valence-corrected chi connectivity index (χ4v) is 1.64. The van der Waals surface area contributed by atoms with E-state index in [2.05, 4.69) is 0 Å². The van der Waals surface area contributed by atoms with Crippen molar-refractivity contribution < 1.29 is 4.74 Å². The van der Waals surface area contributed by atoms with Crippen molar-refractivity contribution in [3.05, 3.63) is 34.3 Å². The second kappa shape index (κ2) is 2.88. The van der Waals surface area contributed by atoms with E-state index in [1.807, 2.05) is 23.8 Å². The van der Waals surface area contributed by atoms with Crippen LogP contribution in [0.4, 0.5) is 0 Å². The second-order valence-corrected chi connectivity index (χ2v) is 3.11. The maximum absolute atomic E-state index is 11.5. The molecule has 0 radical (unpaired) electrons. The topological polar surface area (TPSA) is 36.2 Å². The molecule has 70 valence electrons. The minimum absolute atomic E-state index is 0.00583. The third kappa shape index (κ3) is 1.14. The molecule has 0 bridgehead atoms. The van der Waals surface area contributed by atoms with Crippen molar-refractivity contribution in [1.29, 1.82) is 0 Å². The molecule has 0 N–H and O–H groups in total. The van der Waals surface area contributed by atoms with E-state index < -0.39 is 0 Å². The van der Waals surface area contributed by atoms with Crippen LogP contribution >= 0.6 is 0 Å². The van der Waals surface area contributed by atoms with Crippen LogP contribution in [0.5, 0.6) is 0 Å². The maximum Gasteiger partial charge on any atom is 0.269 e. The average molecular weight is 180 g/mol. The minimum Gasteiger partial charge on any atom is -0.356 e. The number of allylic oxidation sites excluding steroid dienone is 1. The number of rotatable bonds is 1. The Hall–Kier alpha value is -1.29. The zero-order chi connectivity index (χ0) is 9.42. The molecule has 1 unspecified atom stereocenters. The van der Waals surface area contributed by atoms with Gasteiger partial charge < -0.3 is 4.74 Å². The quantitative estimate of drug-likeness (QED) is 0.596. The van der Waals surface area contributed by atoms with Crippen molar-refractivity contribution in [2.75, 3.05) is 7.11 Å². The van der Waals surface area contributed by atoms with Gasteiger partial charge in [0.05, 0.1) is 6.54 Å². The Kier molecular flexibility index (Phi) is 1.84. The van der Waals surface area contributed by atoms with E-state index in [1.165, 1.54) is 0 Å². The van der Waals surface area contributed by atoms with E-state index in [0.717, 1.165) is 12.2 Å². The number of methoxy groups -OCH3 is 1. The Balaban J connectivity index is 2.60. The number of ether oxygens (including phenoxy) is 1. The van der Waals surface area contributed by atoms with Gasteiger partial charge in [-0.1, -0.05) is 6.08 Å². The average Bonchev–Trinajstić information content (AvgIpc) is 2.43. The molecule has 0 amide bonds. The van der Waals surface area contributed by atoms with Gasteiger partial charge in [-0.3, -0.25) is 9.48 Å². The molecule has 2 rings (SSSR count). The first-order valence-corrected chi connectivity index (χ1v) is 4.22. The minimum atomic E-state index is -0.255. The molecule has 1 aromatic heterocycles. The second-order valence-electron chi connectivity index (χ2n) is 3.11. The lowest BCUT2D eigenvalue weighted by Gasteiger charge is -2.21. The first-order valence-electron chi connectivity index (χ1n) is 4.22. The molecular formula is C9H12N2O2. The largest absolute Gasteiger partial charge is 0.356 e. The van der Waals surface area contributed by atoms with E-state index in [0.29, 0.717) is 0 Å². The highest BCUT2D eigenvalue weighted by Crippen LogP contribution is 2.13. The SMILES string of the molecule is COC1C=CCn2c(C)cc(=O)n21. The van der Waals surface area contributed by atoms with Crippen LogP contribution in [0.15, 0.2) is 23.0 Å². The van der Waals surface area contributed by atoms with Gasteiger partial charge in [0.2, 0.25) is 0 Å². The molecule has 2 heterocycles. The monoisotopic (exact) mass is 180 g/mol. The van der Waals surface area contributed by atoms with E-state index in [9.17, 15) is 4.79 Å². The summed E-state index contributed by atoms with van der Waals surface area (Å²) in [6.45, 7) is 2.66. The van der Waals surface area contributed by atoms with Crippen LogP contribution in [0.3, 0.4) is 0 Å². The third-order valence-corrected chi connectivity index (χ3v) is 2.29. The van der Waals surface area contributed by atoms with Gasteiger partial charge in [0.15, 0.2) is 6.23 Å². The van der Waals surface area contributed by atoms with Crippen molar-refractivity contribution in [3.8, 4) is 0 Å². The Morgan fingerprint density at radius 3 is 3.08 bits per heavy atom. The van der Waals surface area contributed by atoms with Crippen LogP contribution < -0.4 is 5.56 Å². The van der Waals surface area contributed by atoms with Gasteiger partial charge >= 0.3 is 0 Å². The first-order chi connectivity index (χ1) is 6.24. The van der Waals surface area contributed by atoms with Gasteiger partial charge in [0.25, 0.3) is 5.56 Å². The number of aromatic nitrogens is 2. The van der Waals surface area contributed by atoms with Crippen molar-refractivity contribution >= 4 is 0 Å². The molecule has 0 spiro atoms. The van der Waals surface area contributed by atoms with E-state index in [-0.39, 0.29) is 11.8 Å². The van der Waals surface area contributed by atoms with Crippen molar-refractivity contribution in [2.24, 2.45) is 0 Å². The van der Waals surface area contributed by atoms with Crippen molar-refractivity contribution in [1.82, 2.24) is 9.36 Å². The fraction of sp³-hybridized carbons (Fsp3) is 0.444. The molecule has 13 heavy (non-hydrogen) atoms. The fourth-order valence-electron chi connectivity index (χ4n) is 1.64. The summed E-state index contributed by atoms with van der Waals surface area (Å²) in [6.07, 6.45) is 3.64. The lowest BCUT2D eigenvalue weighted by atomic mass is 10.4. The van der Waals surface area contributed by atoms with Gasteiger partial charge in [0.1, 0.15) is 0 Å². The summed E-state index contributed by atoms with van der Waals surface area (Å²) >= 11 is 0. The van der Waals surface area contributed by atoms with Crippen LogP contribution in [-0.2, 0) is 11.3 Å². The van der Waals surface area contributed by atoms with Gasteiger partial charge in [-0.05, 0) is 13.0 Å². The smallest absolute Gasteiger partial charge is 0.269 e. The summed E-state index contributed by atoms with van der Waals surface area (Å²) in [5, 5.41) is 0. The predicted octanol–water partition coefficient (Wildman–Crippen LogP) is 0.673. The van der Waals surface area contributed by atoms with Crippen molar-refractivity contribution in [3.63, 3.8) is 0 Å². The summed E-state index contributed by atoms with van der Waals surface area (Å²) in [6, 6.07) is 1.62. The maximum atomic E-state index is 11.5. The molecule has 1 aliphatic heterocycles. The molecule has 1 atom stereocenters. The first kappa shape index (κ1) is 8.31. The molecule has 0 fully saturated rings. The van der Waals surface area contributed by atoms with Gasteiger partial charge in [-0.2, -0.15) is 0 Å². The molecule has 4 nitrogen and oxygen atoms in total. The highest BCUT2D eigenvalue weighted by atomic mass is 16.5. The molecule has 0 saturated carbocycles. The molecule has 1 aromatic rings. The van der Waals surface area contributed by atoms with Crippen LogP contribution in [0, 0.1) is 6.92 Å². The number of aryl methyl sites for hydroxylation is 1. The lowest BCUT2D eigenvalue weighted by molar-refractivity contribution is 0.0554. The molecule has 0 aromatic carbocycles. The highest BCUT2D eigenvalue weighted by Gasteiger charge is 2.17. The summed E-state index contributed by atoms with van der Waals surface area (Å²) in [5.74, 6) is 0. The molecule has 1 aliphatic rings. The Labute approximate surface area is 76.0 Å². The number of nitrogens with zero attached hydrogens (tertiary/aromatic N) is 2. The summed E-state index contributed by atoms with van der Waals surface area (Å²) in [5.41, 5.74) is 0.963. The lowest BCUT2D eigenvalue weighted by Crippen LogP contribution is -2.30. The van der Waals surface area contributed by atoms with E-state index in [1.54, 1.807) is 17.9 Å². The van der Waals surface area contributed by atoms with Crippen LogP contribution in [0.1, 0.15) is 11.9 Å². The molecule has 4 heteroatoms. The molecule has 0 aliphatic carbocycles. The van der Waals surface area contributed by atoms with Crippen LogP contribution in [0.25, 0.3) is 0 Å².